The Hall–Kier alpha value is -1.84. The number of aldehydes is 1. The molecule has 1 aromatic rings. The van der Waals surface area contributed by atoms with Gasteiger partial charge in [0.05, 0.1) is 7.11 Å². The van der Waals surface area contributed by atoms with Crippen molar-refractivity contribution in [2.75, 3.05) is 7.11 Å². The Balaban J connectivity index is 0.000000185. The molecule has 4 nitrogen and oxygen atoms in total. The molecule has 1 aromatic carbocycles. The van der Waals surface area contributed by atoms with Crippen LogP contribution < -0.4 is 5.32 Å². The first-order valence-electron chi connectivity index (χ1n) is 9.07. The molecular formula is C20H29NO3. The van der Waals surface area contributed by atoms with Crippen LogP contribution >= 0.6 is 0 Å². The first-order valence-corrected chi connectivity index (χ1v) is 9.07. The van der Waals surface area contributed by atoms with E-state index < -0.39 is 0 Å². The monoisotopic (exact) mass is 331 g/mol. The van der Waals surface area contributed by atoms with Crippen molar-refractivity contribution in [2.24, 2.45) is 5.92 Å². The van der Waals surface area contributed by atoms with Crippen LogP contribution in [0.2, 0.25) is 0 Å². The van der Waals surface area contributed by atoms with Gasteiger partial charge in [-0.3, -0.25) is 0 Å². The largest absolute Gasteiger partial charge is 0.453 e. The summed E-state index contributed by atoms with van der Waals surface area (Å²) >= 11 is 0. The van der Waals surface area contributed by atoms with Crippen LogP contribution in [0.4, 0.5) is 4.79 Å². The van der Waals surface area contributed by atoms with E-state index in [1.807, 2.05) is 0 Å². The Kier molecular flexibility index (Phi) is 7.80. The summed E-state index contributed by atoms with van der Waals surface area (Å²) in [5, 5.41) is 2.77. The van der Waals surface area contributed by atoms with E-state index in [9.17, 15) is 9.59 Å². The summed E-state index contributed by atoms with van der Waals surface area (Å²) in [4.78, 5) is 20.9. The van der Waals surface area contributed by atoms with Gasteiger partial charge < -0.3 is 14.8 Å². The summed E-state index contributed by atoms with van der Waals surface area (Å²) in [6, 6.07) is 9.05. The Morgan fingerprint density at radius 2 is 1.92 bits per heavy atom. The Morgan fingerprint density at radius 3 is 2.58 bits per heavy atom. The zero-order chi connectivity index (χ0) is 17.2. The van der Waals surface area contributed by atoms with Crippen molar-refractivity contribution in [2.45, 2.75) is 63.8 Å². The van der Waals surface area contributed by atoms with Gasteiger partial charge in [-0.1, -0.05) is 37.1 Å². The smallest absolute Gasteiger partial charge is 0.407 e. The topological polar surface area (TPSA) is 55.4 Å². The van der Waals surface area contributed by atoms with Crippen molar-refractivity contribution in [3.63, 3.8) is 0 Å². The molecule has 1 unspecified atom stereocenters. The van der Waals surface area contributed by atoms with E-state index in [-0.39, 0.29) is 6.09 Å². The van der Waals surface area contributed by atoms with Crippen molar-refractivity contribution in [3.05, 3.63) is 35.4 Å². The molecule has 0 aliphatic heterocycles. The zero-order valence-corrected chi connectivity index (χ0v) is 14.6. The zero-order valence-electron chi connectivity index (χ0n) is 14.6. The molecule has 2 aliphatic rings. The van der Waals surface area contributed by atoms with E-state index in [0.717, 1.165) is 37.9 Å². The van der Waals surface area contributed by atoms with E-state index >= 15 is 0 Å². The van der Waals surface area contributed by atoms with Gasteiger partial charge in [-0.2, -0.15) is 0 Å². The van der Waals surface area contributed by atoms with Crippen LogP contribution in [-0.4, -0.2) is 25.5 Å². The molecule has 2 aliphatic carbocycles. The van der Waals surface area contributed by atoms with Crippen molar-refractivity contribution in [1.29, 1.82) is 0 Å². The molecule has 1 N–H and O–H groups in total. The molecule has 24 heavy (non-hydrogen) atoms. The molecule has 4 heteroatoms. The minimum Gasteiger partial charge on any atom is -0.453 e. The van der Waals surface area contributed by atoms with Gasteiger partial charge in [0.2, 0.25) is 0 Å². The standard InChI is InChI=1S/C13H16O.C7H13NO2/c14-9-3-4-11-7-8-12-5-1-2-6-13(12)10-11;1-10-7(9)8-6-4-2-3-5-6/h1-2,5-6,9,11H,3-4,7-8,10H2;6H,2-5H2,1H3,(H,8,9). The third-order valence-corrected chi connectivity index (χ3v) is 5.00. The highest BCUT2D eigenvalue weighted by Crippen LogP contribution is 2.27. The van der Waals surface area contributed by atoms with Gasteiger partial charge in [0.25, 0.3) is 0 Å². The Morgan fingerprint density at radius 1 is 1.21 bits per heavy atom. The summed E-state index contributed by atoms with van der Waals surface area (Å²) in [6.45, 7) is 0. The number of amides is 1. The highest BCUT2D eigenvalue weighted by atomic mass is 16.5. The second-order valence-corrected chi connectivity index (χ2v) is 6.74. The normalized spacial score (nSPS) is 19.6. The van der Waals surface area contributed by atoms with Crippen LogP contribution in [0.25, 0.3) is 0 Å². The molecule has 132 valence electrons. The number of nitrogens with one attached hydrogen (secondary N) is 1. The number of carbonyl (C=O) groups excluding carboxylic acids is 2. The van der Waals surface area contributed by atoms with Crippen molar-refractivity contribution < 1.29 is 14.3 Å². The van der Waals surface area contributed by atoms with E-state index in [0.29, 0.717) is 6.04 Å². The minimum absolute atomic E-state index is 0.299. The number of carbonyl (C=O) groups is 2. The number of benzene rings is 1. The van der Waals surface area contributed by atoms with Crippen LogP contribution in [0, 0.1) is 5.92 Å². The quantitative estimate of drug-likeness (QED) is 0.847. The second kappa shape index (κ2) is 10.1. The number of methoxy groups -OCH3 is 1. The Bertz CT molecular complexity index is 523. The highest BCUT2D eigenvalue weighted by molar-refractivity contribution is 5.67. The van der Waals surface area contributed by atoms with E-state index in [2.05, 4.69) is 34.3 Å². The van der Waals surface area contributed by atoms with E-state index in [4.69, 9.17) is 0 Å². The molecule has 3 rings (SSSR count). The number of ether oxygens (including phenoxy) is 1. The predicted molar refractivity (Wildman–Crippen MR) is 95.1 cm³/mol. The van der Waals surface area contributed by atoms with Crippen LogP contribution in [0.1, 0.15) is 56.1 Å². The fourth-order valence-corrected chi connectivity index (χ4v) is 3.62. The van der Waals surface area contributed by atoms with Gasteiger partial charge in [-0.25, -0.2) is 4.79 Å². The van der Waals surface area contributed by atoms with Gasteiger partial charge >= 0.3 is 6.09 Å². The third-order valence-electron chi connectivity index (χ3n) is 5.00. The first kappa shape index (κ1) is 18.5. The third kappa shape index (κ3) is 5.99. The predicted octanol–water partition coefficient (Wildman–Crippen LogP) is 4.06. The molecule has 0 aromatic heterocycles. The fraction of sp³-hybridized carbons (Fsp3) is 0.600. The van der Waals surface area contributed by atoms with Gasteiger partial charge in [0.1, 0.15) is 6.29 Å². The number of alkyl carbamates (subject to hydrolysis) is 1. The van der Waals surface area contributed by atoms with Gasteiger partial charge in [-0.05, 0) is 55.6 Å². The molecule has 0 radical (unpaired) electrons. The Labute approximate surface area is 145 Å². The van der Waals surface area contributed by atoms with Gasteiger partial charge in [0.15, 0.2) is 0 Å². The maximum Gasteiger partial charge on any atom is 0.407 e. The fourth-order valence-electron chi connectivity index (χ4n) is 3.62. The van der Waals surface area contributed by atoms with Gasteiger partial charge in [0, 0.05) is 12.5 Å². The molecule has 1 saturated carbocycles. The average Bonchev–Trinajstić information content (AvgIpc) is 3.13. The molecule has 0 spiro atoms. The average molecular weight is 331 g/mol. The van der Waals surface area contributed by atoms with Crippen molar-refractivity contribution in [1.82, 2.24) is 5.32 Å². The van der Waals surface area contributed by atoms with Crippen LogP contribution in [0.5, 0.6) is 0 Å². The number of hydrogen-bond acceptors (Lipinski definition) is 3. The molecule has 1 amide bonds. The lowest BCUT2D eigenvalue weighted by molar-refractivity contribution is -0.108. The number of aryl methyl sites for hydroxylation is 1. The molecule has 1 fully saturated rings. The van der Waals surface area contributed by atoms with Crippen LogP contribution in [0.3, 0.4) is 0 Å². The number of rotatable bonds is 4. The molecule has 0 heterocycles. The molecule has 0 bridgehead atoms. The summed E-state index contributed by atoms with van der Waals surface area (Å²) in [5.41, 5.74) is 3.00. The second-order valence-electron chi connectivity index (χ2n) is 6.74. The number of fused-ring (bicyclic) bond motifs is 1. The SMILES string of the molecule is COC(=O)NC1CCCC1.O=CCCC1CCc2ccccc2C1. The van der Waals surface area contributed by atoms with Gasteiger partial charge in [-0.15, -0.1) is 0 Å². The van der Waals surface area contributed by atoms with E-state index in [1.54, 1.807) is 0 Å². The summed E-state index contributed by atoms with van der Waals surface area (Å²) in [7, 11) is 1.39. The summed E-state index contributed by atoms with van der Waals surface area (Å²) in [6.07, 6.45) is 10.8. The number of hydrogen-bond donors (Lipinski definition) is 1. The lowest BCUT2D eigenvalue weighted by Crippen LogP contribution is -2.32. The maximum atomic E-state index is 10.6. The summed E-state index contributed by atoms with van der Waals surface area (Å²) in [5.74, 6) is 0.732. The van der Waals surface area contributed by atoms with Crippen LogP contribution in [0.15, 0.2) is 24.3 Å². The van der Waals surface area contributed by atoms with Crippen LogP contribution in [-0.2, 0) is 22.4 Å². The molecular weight excluding hydrogens is 302 g/mol. The van der Waals surface area contributed by atoms with Crippen molar-refractivity contribution >= 4 is 12.4 Å². The van der Waals surface area contributed by atoms with E-state index in [1.165, 1.54) is 50.3 Å². The first-order chi connectivity index (χ1) is 11.7. The van der Waals surface area contributed by atoms with Crippen molar-refractivity contribution in [3.8, 4) is 0 Å². The molecule has 0 saturated heterocycles. The minimum atomic E-state index is -0.299. The maximum absolute atomic E-state index is 10.6. The lowest BCUT2D eigenvalue weighted by atomic mass is 9.82. The molecule has 1 atom stereocenters. The lowest BCUT2D eigenvalue weighted by Gasteiger charge is -2.23. The summed E-state index contributed by atoms with van der Waals surface area (Å²) < 4.78 is 4.46. The highest BCUT2D eigenvalue weighted by Gasteiger charge is 2.17.